The van der Waals surface area contributed by atoms with Gasteiger partial charge in [-0.25, -0.2) is 0 Å². The minimum Gasteiger partial charge on any atom is -0.336 e. The van der Waals surface area contributed by atoms with Gasteiger partial charge in [-0.2, -0.15) is 0 Å². The molecule has 1 N–H and O–H groups in total. The molecule has 5 heteroatoms. The Morgan fingerprint density at radius 2 is 2.08 bits per heavy atom. The molecular weight excluding hydrogens is 368 g/mol. The van der Waals surface area contributed by atoms with Gasteiger partial charge in [-0.15, -0.1) is 0 Å². The molecular formula is C19H25BrN2O2. The van der Waals surface area contributed by atoms with E-state index in [9.17, 15) is 9.59 Å². The normalized spacial score (nSPS) is 24.9. The number of carbonyl (C=O) groups excluding carboxylic acids is 2. The van der Waals surface area contributed by atoms with Crippen molar-refractivity contribution in [2.24, 2.45) is 17.8 Å². The smallest absolute Gasteiger partial charge is 0.243 e. The molecule has 2 aliphatic rings. The molecule has 0 unspecified atom stereocenters. The number of benzene rings is 1. The van der Waals surface area contributed by atoms with E-state index < -0.39 is 0 Å². The van der Waals surface area contributed by atoms with Crippen LogP contribution in [0, 0.1) is 24.7 Å². The Bertz CT molecular complexity index is 646. The summed E-state index contributed by atoms with van der Waals surface area (Å²) in [6, 6.07) is 5.72. The van der Waals surface area contributed by atoms with Crippen LogP contribution in [0.1, 0.15) is 37.7 Å². The molecule has 24 heavy (non-hydrogen) atoms. The molecule has 4 nitrogen and oxygen atoms in total. The fourth-order valence-corrected chi connectivity index (χ4v) is 4.74. The van der Waals surface area contributed by atoms with Crippen LogP contribution in [-0.2, 0) is 9.59 Å². The van der Waals surface area contributed by atoms with E-state index in [1.165, 1.54) is 25.7 Å². The lowest BCUT2D eigenvalue weighted by Crippen LogP contribution is -2.36. The molecule has 2 aliphatic carbocycles. The summed E-state index contributed by atoms with van der Waals surface area (Å²) in [6.07, 6.45) is 5.75. The number of aryl methyl sites for hydroxylation is 1. The van der Waals surface area contributed by atoms with E-state index in [4.69, 9.17) is 0 Å². The summed E-state index contributed by atoms with van der Waals surface area (Å²) >= 11 is 3.41. The first kappa shape index (κ1) is 17.5. The van der Waals surface area contributed by atoms with Crippen molar-refractivity contribution in [1.82, 2.24) is 4.90 Å². The zero-order valence-electron chi connectivity index (χ0n) is 14.3. The maximum Gasteiger partial charge on any atom is 0.243 e. The number of amides is 2. The average molecular weight is 393 g/mol. The number of carbonyl (C=O) groups is 2. The Hall–Kier alpha value is -1.36. The molecule has 1 aromatic carbocycles. The van der Waals surface area contributed by atoms with Gasteiger partial charge >= 0.3 is 0 Å². The van der Waals surface area contributed by atoms with Crippen LogP contribution < -0.4 is 5.32 Å². The number of nitrogens with one attached hydrogen (secondary N) is 1. The first-order valence-corrected chi connectivity index (χ1v) is 9.51. The molecule has 2 fully saturated rings. The third-order valence-corrected chi connectivity index (χ3v) is 6.08. The number of nitrogens with zero attached hydrogens (tertiary/aromatic N) is 1. The van der Waals surface area contributed by atoms with Crippen LogP contribution in [0.3, 0.4) is 0 Å². The van der Waals surface area contributed by atoms with Crippen molar-refractivity contribution in [1.29, 1.82) is 0 Å². The van der Waals surface area contributed by atoms with Crippen molar-refractivity contribution < 1.29 is 9.59 Å². The topological polar surface area (TPSA) is 49.4 Å². The number of hydrogen-bond acceptors (Lipinski definition) is 2. The second kappa shape index (κ2) is 7.26. The summed E-state index contributed by atoms with van der Waals surface area (Å²) in [4.78, 5) is 26.2. The Labute approximate surface area is 152 Å². The predicted octanol–water partition coefficient (Wildman–Crippen LogP) is 3.98. The number of hydrogen-bond donors (Lipinski definition) is 1. The number of anilines is 1. The van der Waals surface area contributed by atoms with Gasteiger partial charge < -0.3 is 10.2 Å². The Balaban J connectivity index is 1.49. The summed E-state index contributed by atoms with van der Waals surface area (Å²) in [6.45, 7) is 2.06. The number of likely N-dealkylation sites (N-methyl/N-ethyl adjacent to an activating group) is 1. The summed E-state index contributed by atoms with van der Waals surface area (Å²) in [5, 5.41) is 2.89. The van der Waals surface area contributed by atoms with E-state index >= 15 is 0 Å². The lowest BCUT2D eigenvalue weighted by molar-refractivity contribution is -0.134. The van der Waals surface area contributed by atoms with Gasteiger partial charge in [0.05, 0.1) is 6.54 Å². The Morgan fingerprint density at radius 3 is 2.71 bits per heavy atom. The van der Waals surface area contributed by atoms with Gasteiger partial charge in [-0.05, 0) is 67.7 Å². The first-order valence-electron chi connectivity index (χ1n) is 8.72. The van der Waals surface area contributed by atoms with Crippen molar-refractivity contribution >= 4 is 33.4 Å². The maximum atomic E-state index is 12.4. The van der Waals surface area contributed by atoms with Crippen molar-refractivity contribution in [2.75, 3.05) is 18.9 Å². The fraction of sp³-hybridized carbons (Fsp3) is 0.579. The average Bonchev–Trinajstić information content (AvgIpc) is 3.12. The molecule has 3 rings (SSSR count). The number of halogens is 1. The second-order valence-electron chi connectivity index (χ2n) is 7.40. The van der Waals surface area contributed by atoms with Gasteiger partial charge in [0.25, 0.3) is 0 Å². The summed E-state index contributed by atoms with van der Waals surface area (Å²) < 4.78 is 0.983. The lowest BCUT2D eigenvalue weighted by atomic mass is 9.86. The van der Waals surface area contributed by atoms with E-state index in [2.05, 4.69) is 21.2 Å². The highest BCUT2D eigenvalue weighted by Crippen LogP contribution is 2.49. The molecule has 1 aromatic rings. The summed E-state index contributed by atoms with van der Waals surface area (Å²) in [5.74, 6) is 2.07. The number of fused-ring (bicyclic) bond motifs is 2. The highest BCUT2D eigenvalue weighted by molar-refractivity contribution is 9.10. The van der Waals surface area contributed by atoms with Crippen LogP contribution in [0.4, 0.5) is 5.69 Å². The van der Waals surface area contributed by atoms with E-state index in [0.29, 0.717) is 12.3 Å². The molecule has 2 amide bonds. The van der Waals surface area contributed by atoms with Gasteiger partial charge in [0, 0.05) is 23.6 Å². The maximum absolute atomic E-state index is 12.4. The summed E-state index contributed by atoms with van der Waals surface area (Å²) in [5.41, 5.74) is 1.78. The molecule has 0 radical (unpaired) electrons. The summed E-state index contributed by atoms with van der Waals surface area (Å²) in [7, 11) is 1.73. The zero-order chi connectivity index (χ0) is 17.3. The van der Waals surface area contributed by atoms with Crippen LogP contribution in [0.15, 0.2) is 22.7 Å². The Morgan fingerprint density at radius 1 is 1.29 bits per heavy atom. The zero-order valence-corrected chi connectivity index (χ0v) is 15.9. The third-order valence-electron chi connectivity index (χ3n) is 5.59. The lowest BCUT2D eigenvalue weighted by Gasteiger charge is -2.24. The van der Waals surface area contributed by atoms with Gasteiger partial charge in [0.15, 0.2) is 0 Å². The van der Waals surface area contributed by atoms with Crippen LogP contribution >= 0.6 is 15.9 Å². The largest absolute Gasteiger partial charge is 0.336 e. The van der Waals surface area contributed by atoms with Crippen LogP contribution in [0.25, 0.3) is 0 Å². The highest BCUT2D eigenvalue weighted by atomic mass is 79.9. The molecule has 2 saturated carbocycles. The van der Waals surface area contributed by atoms with Gasteiger partial charge in [0.1, 0.15) is 0 Å². The molecule has 3 atom stereocenters. The number of rotatable bonds is 5. The predicted molar refractivity (Wildman–Crippen MR) is 98.7 cm³/mol. The molecule has 2 bridgehead atoms. The quantitative estimate of drug-likeness (QED) is 0.823. The third kappa shape index (κ3) is 4.00. The van der Waals surface area contributed by atoms with Crippen molar-refractivity contribution in [3.8, 4) is 0 Å². The van der Waals surface area contributed by atoms with Crippen LogP contribution in [0.2, 0.25) is 0 Å². The first-order chi connectivity index (χ1) is 11.4. The minimum atomic E-state index is -0.149. The minimum absolute atomic E-state index is 0.0928. The SMILES string of the molecule is Cc1cc(Br)ccc1NC(=O)CN(C)C(=O)C[C@H]1C[C@@H]2CC[C@@H]1C2. The van der Waals surface area contributed by atoms with Gasteiger partial charge in [0.2, 0.25) is 11.8 Å². The van der Waals surface area contributed by atoms with Gasteiger partial charge in [-0.3, -0.25) is 9.59 Å². The van der Waals surface area contributed by atoms with E-state index in [-0.39, 0.29) is 18.4 Å². The van der Waals surface area contributed by atoms with E-state index in [1.807, 2.05) is 25.1 Å². The van der Waals surface area contributed by atoms with Crippen LogP contribution in [0.5, 0.6) is 0 Å². The van der Waals surface area contributed by atoms with Crippen molar-refractivity contribution in [3.63, 3.8) is 0 Å². The van der Waals surface area contributed by atoms with E-state index in [0.717, 1.165) is 27.6 Å². The molecule has 0 spiro atoms. The van der Waals surface area contributed by atoms with Gasteiger partial charge in [-0.1, -0.05) is 22.4 Å². The highest BCUT2D eigenvalue weighted by Gasteiger charge is 2.40. The van der Waals surface area contributed by atoms with Crippen LogP contribution in [-0.4, -0.2) is 30.3 Å². The molecule has 0 aromatic heterocycles. The molecule has 0 saturated heterocycles. The Kier molecular flexibility index (Phi) is 5.28. The molecule has 130 valence electrons. The van der Waals surface area contributed by atoms with E-state index in [1.54, 1.807) is 11.9 Å². The van der Waals surface area contributed by atoms with Crippen molar-refractivity contribution in [3.05, 3.63) is 28.2 Å². The second-order valence-corrected chi connectivity index (χ2v) is 8.31. The standard InChI is InChI=1S/C19H25BrN2O2/c1-12-7-16(20)5-6-17(12)21-18(23)11-22(2)19(24)10-15-9-13-3-4-14(15)8-13/h5-7,13-15H,3-4,8-11H2,1-2H3,(H,21,23)/t13-,14-,15-/m1/s1. The molecule has 0 aliphatic heterocycles. The molecule has 0 heterocycles. The van der Waals surface area contributed by atoms with Crippen molar-refractivity contribution in [2.45, 2.75) is 39.0 Å². The monoisotopic (exact) mass is 392 g/mol. The fourth-order valence-electron chi connectivity index (χ4n) is 4.27.